The lowest BCUT2D eigenvalue weighted by atomic mass is 10.2. The second-order valence-corrected chi connectivity index (χ2v) is 2.92. The fourth-order valence-electron chi connectivity index (χ4n) is 1.33. The summed E-state index contributed by atoms with van der Waals surface area (Å²) >= 11 is 0. The second-order valence-electron chi connectivity index (χ2n) is 2.92. The molecule has 1 aromatic carbocycles. The molecule has 1 heterocycles. The van der Waals surface area contributed by atoms with Crippen LogP contribution in [0.15, 0.2) is 41.5 Å². The van der Waals surface area contributed by atoms with Crippen molar-refractivity contribution in [3.63, 3.8) is 0 Å². The van der Waals surface area contributed by atoms with Gasteiger partial charge in [0.2, 0.25) is 0 Å². The summed E-state index contributed by atoms with van der Waals surface area (Å²) in [5.41, 5.74) is 2.13. The number of benzene rings is 1. The molecule has 1 aromatic heterocycles. The molecule has 0 atom stereocenters. The van der Waals surface area contributed by atoms with Gasteiger partial charge in [-0.2, -0.15) is 0 Å². The van der Waals surface area contributed by atoms with E-state index in [9.17, 15) is 0 Å². The predicted octanol–water partition coefficient (Wildman–Crippen LogP) is 2.44. The third-order valence-corrected chi connectivity index (χ3v) is 1.94. The van der Waals surface area contributed by atoms with E-state index < -0.39 is 0 Å². The van der Waals surface area contributed by atoms with Crippen LogP contribution >= 0.6 is 0 Å². The van der Waals surface area contributed by atoms with Gasteiger partial charge in [-0.15, -0.1) is 0 Å². The monoisotopic (exact) mass is 170 g/mol. The van der Waals surface area contributed by atoms with Crippen LogP contribution in [0.3, 0.4) is 0 Å². The first-order valence-corrected chi connectivity index (χ1v) is 4.16. The van der Waals surface area contributed by atoms with E-state index in [-0.39, 0.29) is 0 Å². The molecular formula is C11H10N2. The number of aliphatic imine (C=N–C) groups is 1. The zero-order chi connectivity index (χ0) is 9.10. The van der Waals surface area contributed by atoms with Gasteiger partial charge in [-0.05, 0) is 24.4 Å². The molecule has 0 aliphatic rings. The van der Waals surface area contributed by atoms with Gasteiger partial charge < -0.3 is 0 Å². The van der Waals surface area contributed by atoms with Crippen molar-refractivity contribution in [1.82, 2.24) is 4.98 Å². The molecule has 2 rings (SSSR count). The molecule has 64 valence electrons. The Balaban J connectivity index is 2.55. The predicted molar refractivity (Wildman–Crippen MR) is 55.0 cm³/mol. The van der Waals surface area contributed by atoms with Crippen molar-refractivity contribution in [3.8, 4) is 0 Å². The summed E-state index contributed by atoms with van der Waals surface area (Å²) < 4.78 is 0. The maximum Gasteiger partial charge on any atom is 0.0702 e. The molecule has 0 aliphatic carbocycles. The van der Waals surface area contributed by atoms with E-state index in [1.165, 1.54) is 0 Å². The van der Waals surface area contributed by atoms with Crippen molar-refractivity contribution in [1.29, 1.82) is 0 Å². The Morgan fingerprint density at radius 3 is 3.00 bits per heavy atom. The first-order valence-electron chi connectivity index (χ1n) is 4.16. The first-order chi connectivity index (χ1) is 6.40. The minimum absolute atomic E-state index is 0.637. The number of pyridine rings is 1. The minimum Gasteiger partial charge on any atom is -0.296 e. The normalized spacial score (nSPS) is 10.2. The maximum absolute atomic E-state index is 4.31. The molecule has 0 fully saturated rings. The van der Waals surface area contributed by atoms with Gasteiger partial charge in [-0.3, -0.25) is 9.98 Å². The Hall–Kier alpha value is -1.70. The Kier molecular flexibility index (Phi) is 2.04. The quantitative estimate of drug-likeness (QED) is 0.635. The van der Waals surface area contributed by atoms with Crippen LogP contribution in [0.25, 0.3) is 10.9 Å². The standard InChI is InChI=1S/C11H10N2/c1-12-7-9-6-10-4-2-3-5-11(10)13-8-9/h2-6,8H,1,7H2. The van der Waals surface area contributed by atoms with Gasteiger partial charge in [-0.25, -0.2) is 0 Å². The van der Waals surface area contributed by atoms with Crippen LogP contribution in [-0.2, 0) is 6.54 Å². The average Bonchev–Trinajstić information content (AvgIpc) is 2.18. The molecule has 13 heavy (non-hydrogen) atoms. The van der Waals surface area contributed by atoms with E-state index in [0.717, 1.165) is 16.5 Å². The highest BCUT2D eigenvalue weighted by molar-refractivity contribution is 5.78. The van der Waals surface area contributed by atoms with Crippen molar-refractivity contribution >= 4 is 17.6 Å². The largest absolute Gasteiger partial charge is 0.296 e. The number of fused-ring (bicyclic) bond motifs is 1. The first kappa shape index (κ1) is 7.92. The number of nitrogens with zero attached hydrogens (tertiary/aromatic N) is 2. The van der Waals surface area contributed by atoms with Crippen molar-refractivity contribution in [3.05, 3.63) is 42.1 Å². The molecule has 0 amide bonds. The SMILES string of the molecule is C=NCc1cnc2ccccc2c1. The van der Waals surface area contributed by atoms with Crippen LogP contribution in [0, 0.1) is 0 Å². The Morgan fingerprint density at radius 1 is 1.31 bits per heavy atom. The van der Waals surface area contributed by atoms with Gasteiger partial charge in [0.15, 0.2) is 0 Å². The summed E-state index contributed by atoms with van der Waals surface area (Å²) in [5.74, 6) is 0. The molecule has 0 spiro atoms. The molecule has 0 radical (unpaired) electrons. The van der Waals surface area contributed by atoms with Gasteiger partial charge in [0, 0.05) is 11.6 Å². The maximum atomic E-state index is 4.31. The van der Waals surface area contributed by atoms with Crippen LogP contribution in [-0.4, -0.2) is 11.7 Å². The van der Waals surface area contributed by atoms with Crippen LogP contribution in [0.2, 0.25) is 0 Å². The summed E-state index contributed by atoms with van der Waals surface area (Å²) in [6.07, 6.45) is 1.84. The highest BCUT2D eigenvalue weighted by Gasteiger charge is 1.94. The summed E-state index contributed by atoms with van der Waals surface area (Å²) in [6, 6.07) is 10.1. The molecule has 0 unspecified atom stereocenters. The number of rotatable bonds is 2. The molecule has 0 saturated heterocycles. The van der Waals surface area contributed by atoms with E-state index in [0.29, 0.717) is 6.54 Å². The Bertz CT molecular complexity index is 435. The molecule has 0 bridgehead atoms. The topological polar surface area (TPSA) is 25.2 Å². The van der Waals surface area contributed by atoms with Crippen LogP contribution in [0.4, 0.5) is 0 Å². The lowest BCUT2D eigenvalue weighted by Crippen LogP contribution is -1.84. The average molecular weight is 170 g/mol. The number of hydrogen-bond acceptors (Lipinski definition) is 2. The molecule has 2 nitrogen and oxygen atoms in total. The fraction of sp³-hybridized carbons (Fsp3) is 0.0909. The summed E-state index contributed by atoms with van der Waals surface area (Å²) in [4.78, 5) is 8.13. The van der Waals surface area contributed by atoms with Crippen LogP contribution < -0.4 is 0 Å². The van der Waals surface area contributed by atoms with Crippen molar-refractivity contribution in [2.75, 3.05) is 0 Å². The lowest BCUT2D eigenvalue weighted by Gasteiger charge is -1.98. The Morgan fingerprint density at radius 2 is 2.15 bits per heavy atom. The van der Waals surface area contributed by atoms with Gasteiger partial charge >= 0.3 is 0 Å². The Labute approximate surface area is 77.0 Å². The van der Waals surface area contributed by atoms with E-state index in [1.807, 2.05) is 24.4 Å². The number of aromatic nitrogens is 1. The lowest BCUT2D eigenvalue weighted by molar-refractivity contribution is 1.07. The van der Waals surface area contributed by atoms with E-state index in [4.69, 9.17) is 0 Å². The van der Waals surface area contributed by atoms with Gasteiger partial charge in [-0.1, -0.05) is 18.2 Å². The second kappa shape index (κ2) is 3.35. The molecule has 2 aromatic rings. The molecule has 0 aliphatic heterocycles. The number of hydrogen-bond donors (Lipinski definition) is 0. The third-order valence-electron chi connectivity index (χ3n) is 1.94. The molecule has 0 saturated carbocycles. The van der Waals surface area contributed by atoms with Crippen molar-refractivity contribution in [2.45, 2.75) is 6.54 Å². The van der Waals surface area contributed by atoms with Gasteiger partial charge in [0.05, 0.1) is 12.1 Å². The highest BCUT2D eigenvalue weighted by atomic mass is 14.7. The van der Waals surface area contributed by atoms with E-state index in [1.54, 1.807) is 0 Å². The summed E-state index contributed by atoms with van der Waals surface area (Å²) in [5, 5.41) is 1.16. The fourth-order valence-corrected chi connectivity index (χ4v) is 1.33. The summed E-state index contributed by atoms with van der Waals surface area (Å²) in [6.45, 7) is 4.09. The van der Waals surface area contributed by atoms with E-state index in [2.05, 4.69) is 28.8 Å². The van der Waals surface area contributed by atoms with Crippen LogP contribution in [0.1, 0.15) is 5.56 Å². The van der Waals surface area contributed by atoms with Gasteiger partial charge in [0.1, 0.15) is 0 Å². The molecular weight excluding hydrogens is 160 g/mol. The van der Waals surface area contributed by atoms with Crippen LogP contribution in [0.5, 0.6) is 0 Å². The molecule has 0 N–H and O–H groups in total. The molecule has 2 heteroatoms. The van der Waals surface area contributed by atoms with Gasteiger partial charge in [0.25, 0.3) is 0 Å². The van der Waals surface area contributed by atoms with Crippen molar-refractivity contribution in [2.24, 2.45) is 4.99 Å². The number of para-hydroxylation sites is 1. The third kappa shape index (κ3) is 1.56. The highest BCUT2D eigenvalue weighted by Crippen LogP contribution is 2.12. The zero-order valence-electron chi connectivity index (χ0n) is 7.27. The zero-order valence-corrected chi connectivity index (χ0v) is 7.27. The summed E-state index contributed by atoms with van der Waals surface area (Å²) in [7, 11) is 0. The van der Waals surface area contributed by atoms with Crippen molar-refractivity contribution < 1.29 is 0 Å². The van der Waals surface area contributed by atoms with E-state index >= 15 is 0 Å². The smallest absolute Gasteiger partial charge is 0.0702 e. The minimum atomic E-state index is 0.637.